The molecule has 0 bridgehead atoms. The molecule has 0 aliphatic carbocycles. The molecule has 8 nitrogen and oxygen atoms in total. The van der Waals surface area contributed by atoms with Crippen molar-refractivity contribution < 1.29 is 14.4 Å². The third-order valence-electron chi connectivity index (χ3n) is 4.37. The van der Waals surface area contributed by atoms with E-state index in [0.717, 1.165) is 5.69 Å². The summed E-state index contributed by atoms with van der Waals surface area (Å²) in [5.41, 5.74) is 1.14. The fraction of sp³-hybridized carbons (Fsp3) is 0.316. The summed E-state index contributed by atoms with van der Waals surface area (Å²) in [6, 6.07) is 10.3. The van der Waals surface area contributed by atoms with Gasteiger partial charge in [-0.1, -0.05) is 12.1 Å². The molecule has 3 amide bonds. The van der Waals surface area contributed by atoms with Gasteiger partial charge in [0.15, 0.2) is 0 Å². The van der Waals surface area contributed by atoms with Crippen LogP contribution in [0.2, 0.25) is 0 Å². The van der Waals surface area contributed by atoms with Gasteiger partial charge >= 0.3 is 0 Å². The number of carbonyl (C=O) groups excluding carboxylic acids is 3. The number of pyridine rings is 2. The van der Waals surface area contributed by atoms with Gasteiger partial charge in [0.05, 0.1) is 12.2 Å². The molecule has 3 heterocycles. The molecule has 8 heteroatoms. The molecule has 1 aliphatic heterocycles. The maximum atomic E-state index is 12.6. The zero-order valence-electron chi connectivity index (χ0n) is 15.1. The van der Waals surface area contributed by atoms with Crippen LogP contribution in [-0.2, 0) is 11.3 Å². The summed E-state index contributed by atoms with van der Waals surface area (Å²) in [4.78, 5) is 48.1. The van der Waals surface area contributed by atoms with E-state index in [4.69, 9.17) is 0 Å². The monoisotopic (exact) mass is 367 g/mol. The molecule has 0 spiro atoms. The molecule has 1 N–H and O–H groups in total. The SMILES string of the molecule is CC(=O)N1CCN(C(=O)c2cccc(C(=O)NCc3ccccn3)n2)CC1. The molecule has 2 aromatic rings. The fourth-order valence-corrected chi connectivity index (χ4v) is 2.83. The van der Waals surface area contributed by atoms with E-state index in [9.17, 15) is 14.4 Å². The number of nitrogens with one attached hydrogen (secondary N) is 1. The van der Waals surface area contributed by atoms with Crippen molar-refractivity contribution in [1.82, 2.24) is 25.1 Å². The number of amides is 3. The summed E-state index contributed by atoms with van der Waals surface area (Å²) in [5, 5.41) is 2.75. The Morgan fingerprint density at radius 3 is 2.33 bits per heavy atom. The second kappa shape index (κ2) is 8.39. The Morgan fingerprint density at radius 2 is 1.67 bits per heavy atom. The molecule has 0 aromatic carbocycles. The van der Waals surface area contributed by atoms with Crippen LogP contribution < -0.4 is 5.32 Å². The van der Waals surface area contributed by atoms with Crippen LogP contribution in [0.15, 0.2) is 42.6 Å². The van der Waals surface area contributed by atoms with Gasteiger partial charge in [0.25, 0.3) is 11.8 Å². The Balaban J connectivity index is 1.62. The number of aromatic nitrogens is 2. The molecule has 1 aliphatic rings. The highest BCUT2D eigenvalue weighted by molar-refractivity contribution is 5.96. The molecule has 140 valence electrons. The van der Waals surface area contributed by atoms with E-state index in [2.05, 4.69) is 15.3 Å². The number of hydrogen-bond acceptors (Lipinski definition) is 5. The average molecular weight is 367 g/mol. The normalized spacial score (nSPS) is 14.0. The lowest BCUT2D eigenvalue weighted by molar-refractivity contribution is -0.130. The highest BCUT2D eigenvalue weighted by atomic mass is 16.2. The standard InChI is InChI=1S/C19H21N5O3/c1-14(25)23-9-11-24(12-10-23)19(27)17-7-4-6-16(22-17)18(26)21-13-15-5-2-3-8-20-15/h2-8H,9-13H2,1H3,(H,21,26). The first-order chi connectivity index (χ1) is 13.0. The van der Waals surface area contributed by atoms with E-state index < -0.39 is 0 Å². The first-order valence-electron chi connectivity index (χ1n) is 8.74. The zero-order chi connectivity index (χ0) is 19.2. The summed E-state index contributed by atoms with van der Waals surface area (Å²) >= 11 is 0. The van der Waals surface area contributed by atoms with Crippen LogP contribution in [0.1, 0.15) is 33.6 Å². The van der Waals surface area contributed by atoms with Crippen LogP contribution in [0, 0.1) is 0 Å². The van der Waals surface area contributed by atoms with Gasteiger partial charge in [0.1, 0.15) is 11.4 Å². The lowest BCUT2D eigenvalue weighted by Crippen LogP contribution is -2.50. The van der Waals surface area contributed by atoms with Gasteiger partial charge in [-0.25, -0.2) is 4.98 Å². The smallest absolute Gasteiger partial charge is 0.272 e. The summed E-state index contributed by atoms with van der Waals surface area (Å²) in [7, 11) is 0. The summed E-state index contributed by atoms with van der Waals surface area (Å²) in [6.07, 6.45) is 1.66. The van der Waals surface area contributed by atoms with Crippen molar-refractivity contribution in [3.8, 4) is 0 Å². The third-order valence-corrected chi connectivity index (χ3v) is 4.37. The summed E-state index contributed by atoms with van der Waals surface area (Å²) < 4.78 is 0. The molecule has 27 heavy (non-hydrogen) atoms. The lowest BCUT2D eigenvalue weighted by atomic mass is 10.2. The minimum absolute atomic E-state index is 0.00629. The number of piperazine rings is 1. The Bertz CT molecular complexity index is 832. The minimum atomic E-state index is -0.364. The van der Waals surface area contributed by atoms with E-state index in [1.165, 1.54) is 6.92 Å². The van der Waals surface area contributed by atoms with Crippen LogP contribution in [0.5, 0.6) is 0 Å². The number of nitrogens with zero attached hydrogens (tertiary/aromatic N) is 4. The van der Waals surface area contributed by atoms with Crippen molar-refractivity contribution >= 4 is 17.7 Å². The van der Waals surface area contributed by atoms with Gasteiger partial charge in [-0.3, -0.25) is 19.4 Å². The topological polar surface area (TPSA) is 95.5 Å². The van der Waals surface area contributed by atoms with E-state index in [-0.39, 0.29) is 35.7 Å². The third kappa shape index (κ3) is 4.66. The van der Waals surface area contributed by atoms with Gasteiger partial charge in [-0.2, -0.15) is 0 Å². The Kier molecular flexibility index (Phi) is 5.75. The van der Waals surface area contributed by atoms with Gasteiger partial charge < -0.3 is 15.1 Å². The van der Waals surface area contributed by atoms with Crippen LogP contribution in [0.25, 0.3) is 0 Å². The molecule has 0 unspecified atom stereocenters. The van der Waals surface area contributed by atoms with Gasteiger partial charge in [0, 0.05) is 39.3 Å². The molecule has 2 aromatic heterocycles. The van der Waals surface area contributed by atoms with E-state index in [1.807, 2.05) is 12.1 Å². The van der Waals surface area contributed by atoms with Gasteiger partial charge in [-0.15, -0.1) is 0 Å². The van der Waals surface area contributed by atoms with Gasteiger partial charge in [0.2, 0.25) is 5.91 Å². The largest absolute Gasteiger partial charge is 0.345 e. The summed E-state index contributed by atoms with van der Waals surface area (Å²) in [6.45, 7) is 3.72. The molecule has 0 radical (unpaired) electrons. The van der Waals surface area contributed by atoms with Crippen molar-refractivity contribution in [3.63, 3.8) is 0 Å². The highest BCUT2D eigenvalue weighted by Gasteiger charge is 2.24. The molecule has 3 rings (SSSR count). The van der Waals surface area contributed by atoms with Crippen molar-refractivity contribution in [2.24, 2.45) is 0 Å². The quantitative estimate of drug-likeness (QED) is 0.859. The Labute approximate surface area is 157 Å². The maximum absolute atomic E-state index is 12.6. The van der Waals surface area contributed by atoms with E-state index in [0.29, 0.717) is 26.2 Å². The number of rotatable bonds is 4. The lowest BCUT2D eigenvalue weighted by Gasteiger charge is -2.34. The van der Waals surface area contributed by atoms with Crippen LogP contribution in [0.3, 0.4) is 0 Å². The van der Waals surface area contributed by atoms with Crippen LogP contribution >= 0.6 is 0 Å². The number of carbonyl (C=O) groups is 3. The minimum Gasteiger partial charge on any atom is -0.345 e. The van der Waals surface area contributed by atoms with E-state index in [1.54, 1.807) is 40.3 Å². The fourth-order valence-electron chi connectivity index (χ4n) is 2.83. The molecule has 1 saturated heterocycles. The maximum Gasteiger partial charge on any atom is 0.272 e. The van der Waals surface area contributed by atoms with Gasteiger partial charge in [-0.05, 0) is 24.3 Å². The first-order valence-corrected chi connectivity index (χ1v) is 8.74. The van der Waals surface area contributed by atoms with Crippen molar-refractivity contribution in [3.05, 3.63) is 59.7 Å². The number of hydrogen-bond donors (Lipinski definition) is 1. The first kappa shape index (κ1) is 18.5. The van der Waals surface area contributed by atoms with Crippen molar-refractivity contribution in [2.45, 2.75) is 13.5 Å². The molecule has 0 saturated carbocycles. The molecular weight excluding hydrogens is 346 g/mol. The Hall–Kier alpha value is -3.29. The predicted octanol–water partition coefficient (Wildman–Crippen LogP) is 0.711. The Morgan fingerprint density at radius 1 is 0.963 bits per heavy atom. The second-order valence-electron chi connectivity index (χ2n) is 6.21. The van der Waals surface area contributed by atoms with Crippen molar-refractivity contribution in [2.75, 3.05) is 26.2 Å². The average Bonchev–Trinajstić information content (AvgIpc) is 2.72. The highest BCUT2D eigenvalue weighted by Crippen LogP contribution is 2.09. The molecule has 0 atom stereocenters. The predicted molar refractivity (Wildman–Crippen MR) is 97.8 cm³/mol. The van der Waals surface area contributed by atoms with Crippen LogP contribution in [0.4, 0.5) is 0 Å². The van der Waals surface area contributed by atoms with Crippen molar-refractivity contribution in [1.29, 1.82) is 0 Å². The zero-order valence-corrected chi connectivity index (χ0v) is 15.1. The summed E-state index contributed by atoms with van der Waals surface area (Å²) in [5.74, 6) is -0.596. The van der Waals surface area contributed by atoms with E-state index >= 15 is 0 Å². The van der Waals surface area contributed by atoms with Crippen LogP contribution in [-0.4, -0.2) is 63.7 Å². The second-order valence-corrected chi connectivity index (χ2v) is 6.21. The molecule has 1 fully saturated rings. The molecular formula is C19H21N5O3.